The second-order valence-electron chi connectivity index (χ2n) is 4.85. The summed E-state index contributed by atoms with van der Waals surface area (Å²) in [6.45, 7) is 2.87. The fraction of sp³-hybridized carbons (Fsp3) is 0.500. The first-order valence-electron chi connectivity index (χ1n) is 6.23. The van der Waals surface area contributed by atoms with Crippen LogP contribution >= 0.6 is 0 Å². The molecular formula is C14H23N3O2. The minimum atomic E-state index is -0.886. The molecule has 3 N–H and O–H groups in total. The number of carbonyl (C=O) groups is 1. The van der Waals surface area contributed by atoms with Gasteiger partial charge >= 0.3 is 0 Å². The molecule has 1 rings (SSSR count). The molecule has 0 spiro atoms. The number of anilines is 1. The molecule has 0 aliphatic carbocycles. The van der Waals surface area contributed by atoms with E-state index in [1.165, 1.54) is 0 Å². The Morgan fingerprint density at radius 2 is 1.95 bits per heavy atom. The van der Waals surface area contributed by atoms with Gasteiger partial charge < -0.3 is 15.4 Å². The van der Waals surface area contributed by atoms with Crippen LogP contribution in [-0.4, -0.2) is 40.3 Å². The van der Waals surface area contributed by atoms with Crippen LogP contribution in [0.4, 0.5) is 5.69 Å². The number of rotatable bonds is 7. The highest BCUT2D eigenvalue weighted by atomic mass is 16.5. The van der Waals surface area contributed by atoms with Crippen LogP contribution in [0.3, 0.4) is 0 Å². The maximum absolute atomic E-state index is 11.7. The third kappa shape index (κ3) is 3.68. The van der Waals surface area contributed by atoms with Gasteiger partial charge in [-0.2, -0.15) is 0 Å². The van der Waals surface area contributed by atoms with E-state index in [1.54, 1.807) is 14.0 Å². The first kappa shape index (κ1) is 15.5. The number of amides is 1. The van der Waals surface area contributed by atoms with Crippen molar-refractivity contribution in [3.05, 3.63) is 29.8 Å². The average Bonchev–Trinajstić information content (AvgIpc) is 2.38. The Labute approximate surface area is 114 Å². The molecule has 5 heteroatoms. The Bertz CT molecular complexity index is 417. The zero-order valence-electron chi connectivity index (χ0n) is 12.1. The van der Waals surface area contributed by atoms with Gasteiger partial charge in [0.25, 0.3) is 0 Å². The Kier molecular flexibility index (Phi) is 5.32. The standard InChI is InChI=1S/C14H23N3O2/c1-14(13(15)18,16-9-10-19-4)11-5-7-12(8-6-11)17(2)3/h5-8,16H,9-10H2,1-4H3,(H2,15,18). The maximum atomic E-state index is 11.7. The molecule has 0 saturated heterocycles. The number of ether oxygens (including phenoxy) is 1. The van der Waals surface area contributed by atoms with Gasteiger partial charge in [0.05, 0.1) is 6.61 Å². The Morgan fingerprint density at radius 3 is 2.37 bits per heavy atom. The highest BCUT2D eigenvalue weighted by Crippen LogP contribution is 2.23. The highest BCUT2D eigenvalue weighted by molar-refractivity contribution is 5.85. The molecule has 5 nitrogen and oxygen atoms in total. The topological polar surface area (TPSA) is 67.6 Å². The van der Waals surface area contributed by atoms with Crippen molar-refractivity contribution in [2.75, 3.05) is 39.3 Å². The number of nitrogens with zero attached hydrogens (tertiary/aromatic N) is 1. The summed E-state index contributed by atoms with van der Waals surface area (Å²) < 4.78 is 4.98. The monoisotopic (exact) mass is 265 g/mol. The summed E-state index contributed by atoms with van der Waals surface area (Å²) >= 11 is 0. The van der Waals surface area contributed by atoms with Crippen LogP contribution in [0.5, 0.6) is 0 Å². The SMILES string of the molecule is COCCNC(C)(C(N)=O)c1ccc(N(C)C)cc1. The zero-order valence-corrected chi connectivity index (χ0v) is 12.1. The molecule has 0 bridgehead atoms. The van der Waals surface area contributed by atoms with Crippen LogP contribution in [0, 0.1) is 0 Å². The van der Waals surface area contributed by atoms with Crippen molar-refractivity contribution in [2.45, 2.75) is 12.5 Å². The molecule has 0 saturated carbocycles. The first-order valence-corrected chi connectivity index (χ1v) is 6.23. The molecular weight excluding hydrogens is 242 g/mol. The van der Waals surface area contributed by atoms with E-state index in [0.29, 0.717) is 13.2 Å². The third-order valence-electron chi connectivity index (χ3n) is 3.24. The van der Waals surface area contributed by atoms with Gasteiger partial charge in [0.15, 0.2) is 0 Å². The molecule has 0 radical (unpaired) electrons. The van der Waals surface area contributed by atoms with E-state index in [0.717, 1.165) is 11.3 Å². The summed E-state index contributed by atoms with van der Waals surface area (Å²) in [4.78, 5) is 13.7. The van der Waals surface area contributed by atoms with Crippen molar-refractivity contribution in [3.63, 3.8) is 0 Å². The summed E-state index contributed by atoms with van der Waals surface area (Å²) in [6, 6.07) is 7.77. The Hall–Kier alpha value is -1.59. The van der Waals surface area contributed by atoms with Crippen molar-refractivity contribution in [3.8, 4) is 0 Å². The molecule has 1 aromatic carbocycles. The number of hydrogen-bond acceptors (Lipinski definition) is 4. The quantitative estimate of drug-likeness (QED) is 0.712. The van der Waals surface area contributed by atoms with E-state index >= 15 is 0 Å². The van der Waals surface area contributed by atoms with Gasteiger partial charge in [0.2, 0.25) is 5.91 Å². The molecule has 106 valence electrons. The normalized spacial score (nSPS) is 13.9. The lowest BCUT2D eigenvalue weighted by molar-refractivity contribution is -0.124. The molecule has 1 amide bonds. The van der Waals surface area contributed by atoms with Crippen LogP contribution in [0.15, 0.2) is 24.3 Å². The summed E-state index contributed by atoms with van der Waals surface area (Å²) in [5.74, 6) is -0.402. The van der Waals surface area contributed by atoms with Crippen molar-refractivity contribution in [1.29, 1.82) is 0 Å². The van der Waals surface area contributed by atoms with Crippen molar-refractivity contribution in [2.24, 2.45) is 5.73 Å². The van der Waals surface area contributed by atoms with Crippen molar-refractivity contribution in [1.82, 2.24) is 5.32 Å². The minimum absolute atomic E-state index is 0.402. The molecule has 1 atom stereocenters. The van der Waals surface area contributed by atoms with Crippen LogP contribution in [0.25, 0.3) is 0 Å². The van der Waals surface area contributed by atoms with Gasteiger partial charge in [0.1, 0.15) is 5.54 Å². The number of nitrogens with two attached hydrogens (primary N) is 1. The van der Waals surface area contributed by atoms with Gasteiger partial charge in [-0.1, -0.05) is 12.1 Å². The number of methoxy groups -OCH3 is 1. The second-order valence-corrected chi connectivity index (χ2v) is 4.85. The summed E-state index contributed by atoms with van der Waals surface area (Å²) in [6.07, 6.45) is 0. The van der Waals surface area contributed by atoms with E-state index in [-0.39, 0.29) is 0 Å². The van der Waals surface area contributed by atoms with Crippen LogP contribution in [-0.2, 0) is 15.1 Å². The molecule has 0 fully saturated rings. The number of primary amides is 1. The molecule has 0 aliphatic rings. The van der Waals surface area contributed by atoms with E-state index < -0.39 is 11.4 Å². The average molecular weight is 265 g/mol. The number of carbonyl (C=O) groups excluding carboxylic acids is 1. The molecule has 1 unspecified atom stereocenters. The lowest BCUT2D eigenvalue weighted by Gasteiger charge is -2.28. The smallest absolute Gasteiger partial charge is 0.242 e. The zero-order chi connectivity index (χ0) is 14.5. The third-order valence-corrected chi connectivity index (χ3v) is 3.24. The van der Waals surface area contributed by atoms with Gasteiger partial charge in [-0.15, -0.1) is 0 Å². The van der Waals surface area contributed by atoms with E-state index in [4.69, 9.17) is 10.5 Å². The summed E-state index contributed by atoms with van der Waals surface area (Å²) in [7, 11) is 5.56. The molecule has 19 heavy (non-hydrogen) atoms. The van der Waals surface area contributed by atoms with Gasteiger partial charge in [0, 0.05) is 33.4 Å². The minimum Gasteiger partial charge on any atom is -0.383 e. The molecule has 1 aromatic rings. The van der Waals surface area contributed by atoms with Gasteiger partial charge in [-0.25, -0.2) is 0 Å². The summed E-state index contributed by atoms with van der Waals surface area (Å²) in [5.41, 5.74) is 6.57. The van der Waals surface area contributed by atoms with Crippen LogP contribution in [0.2, 0.25) is 0 Å². The van der Waals surface area contributed by atoms with Crippen LogP contribution in [0.1, 0.15) is 12.5 Å². The lowest BCUT2D eigenvalue weighted by atomic mass is 9.91. The van der Waals surface area contributed by atoms with Gasteiger partial charge in [-0.05, 0) is 24.6 Å². The fourth-order valence-corrected chi connectivity index (χ4v) is 1.83. The second kappa shape index (κ2) is 6.54. The largest absolute Gasteiger partial charge is 0.383 e. The number of nitrogens with one attached hydrogen (secondary N) is 1. The number of hydrogen-bond donors (Lipinski definition) is 2. The first-order chi connectivity index (χ1) is 8.91. The van der Waals surface area contributed by atoms with E-state index in [1.807, 2.05) is 43.3 Å². The lowest BCUT2D eigenvalue weighted by Crippen LogP contribution is -2.51. The Morgan fingerprint density at radius 1 is 1.37 bits per heavy atom. The van der Waals surface area contributed by atoms with E-state index in [9.17, 15) is 4.79 Å². The van der Waals surface area contributed by atoms with Crippen LogP contribution < -0.4 is 16.0 Å². The number of benzene rings is 1. The van der Waals surface area contributed by atoms with Crippen molar-refractivity contribution < 1.29 is 9.53 Å². The maximum Gasteiger partial charge on any atom is 0.242 e. The highest BCUT2D eigenvalue weighted by Gasteiger charge is 2.32. The van der Waals surface area contributed by atoms with Gasteiger partial charge in [-0.3, -0.25) is 10.1 Å². The Balaban J connectivity index is 2.95. The molecule has 0 aliphatic heterocycles. The van der Waals surface area contributed by atoms with E-state index in [2.05, 4.69) is 5.32 Å². The molecule has 0 heterocycles. The predicted molar refractivity (Wildman–Crippen MR) is 77.2 cm³/mol. The van der Waals surface area contributed by atoms with Crippen molar-refractivity contribution >= 4 is 11.6 Å². The predicted octanol–water partition coefficient (Wildman–Crippen LogP) is 0.689. The molecule has 0 aromatic heterocycles. The summed E-state index contributed by atoms with van der Waals surface area (Å²) in [5, 5.41) is 3.15. The fourth-order valence-electron chi connectivity index (χ4n) is 1.83.